The van der Waals surface area contributed by atoms with Crippen molar-refractivity contribution in [1.29, 1.82) is 0 Å². The first-order chi connectivity index (χ1) is 5.33. The van der Waals surface area contributed by atoms with E-state index in [4.69, 9.17) is 0 Å². The van der Waals surface area contributed by atoms with Gasteiger partial charge in [-0.05, 0) is 13.3 Å². The first-order valence-electron chi connectivity index (χ1n) is 4.49. The Morgan fingerprint density at radius 2 is 2.55 bits per heavy atom. The second-order valence-corrected chi connectivity index (χ2v) is 3.12. The predicted octanol–water partition coefficient (Wildman–Crippen LogP) is 0.256. The lowest BCUT2D eigenvalue weighted by Gasteiger charge is -2.17. The monoisotopic (exact) mass is 156 g/mol. The molecule has 0 aromatic heterocycles. The second-order valence-electron chi connectivity index (χ2n) is 3.12. The van der Waals surface area contributed by atoms with Crippen LogP contribution in [0.3, 0.4) is 0 Å². The van der Waals surface area contributed by atoms with Gasteiger partial charge in [-0.2, -0.15) is 0 Å². The van der Waals surface area contributed by atoms with Crippen LogP contribution in [0.5, 0.6) is 0 Å². The molecule has 1 aliphatic heterocycles. The topological polar surface area (TPSA) is 38.2 Å². The standard InChI is InChI=1S/C8H18N3/c1-3-4-7(2)11-8-9-5-6-10-8/h7-9,11H,3-6H2,1-2H3. The van der Waals surface area contributed by atoms with Gasteiger partial charge in [0, 0.05) is 19.1 Å². The third-order valence-corrected chi connectivity index (χ3v) is 1.93. The van der Waals surface area contributed by atoms with Crippen LogP contribution >= 0.6 is 0 Å². The van der Waals surface area contributed by atoms with E-state index in [1.165, 1.54) is 12.8 Å². The number of rotatable bonds is 4. The summed E-state index contributed by atoms with van der Waals surface area (Å²) in [4.78, 5) is 0. The van der Waals surface area contributed by atoms with E-state index in [0.29, 0.717) is 6.04 Å². The van der Waals surface area contributed by atoms with Crippen LogP contribution in [0.15, 0.2) is 0 Å². The molecule has 0 spiro atoms. The van der Waals surface area contributed by atoms with Crippen LogP contribution in [-0.2, 0) is 0 Å². The van der Waals surface area contributed by atoms with Crippen LogP contribution in [0.2, 0.25) is 0 Å². The molecule has 2 atom stereocenters. The largest absolute Gasteiger partial charge is 0.287 e. The van der Waals surface area contributed by atoms with Gasteiger partial charge >= 0.3 is 0 Å². The number of nitrogens with zero attached hydrogens (tertiary/aromatic N) is 1. The molecule has 2 N–H and O–H groups in total. The third kappa shape index (κ3) is 3.18. The Labute approximate surface area is 68.9 Å². The SMILES string of the molecule is CCCC(C)NC1[N]CCN1. The highest BCUT2D eigenvalue weighted by molar-refractivity contribution is 4.72. The molecular formula is C8H18N3. The predicted molar refractivity (Wildman–Crippen MR) is 46.3 cm³/mol. The van der Waals surface area contributed by atoms with Crippen LogP contribution in [-0.4, -0.2) is 25.4 Å². The molecule has 1 radical (unpaired) electrons. The minimum atomic E-state index is 0.219. The van der Waals surface area contributed by atoms with Crippen molar-refractivity contribution in [2.24, 2.45) is 0 Å². The van der Waals surface area contributed by atoms with Crippen LogP contribution in [0.1, 0.15) is 26.7 Å². The first kappa shape index (κ1) is 8.97. The van der Waals surface area contributed by atoms with Crippen molar-refractivity contribution in [2.75, 3.05) is 13.1 Å². The summed E-state index contributed by atoms with van der Waals surface area (Å²) in [5.74, 6) is 0. The molecule has 3 nitrogen and oxygen atoms in total. The molecule has 0 saturated carbocycles. The number of nitrogens with one attached hydrogen (secondary N) is 2. The molecule has 1 fully saturated rings. The Balaban J connectivity index is 2.08. The van der Waals surface area contributed by atoms with Crippen molar-refractivity contribution in [1.82, 2.24) is 16.0 Å². The van der Waals surface area contributed by atoms with Gasteiger partial charge in [0.1, 0.15) is 6.29 Å². The van der Waals surface area contributed by atoms with Gasteiger partial charge in [0.15, 0.2) is 0 Å². The van der Waals surface area contributed by atoms with E-state index >= 15 is 0 Å². The van der Waals surface area contributed by atoms with E-state index in [9.17, 15) is 0 Å². The average molecular weight is 156 g/mol. The molecule has 1 rings (SSSR count). The van der Waals surface area contributed by atoms with Gasteiger partial charge in [0.05, 0.1) is 0 Å². The molecule has 1 heterocycles. The lowest BCUT2D eigenvalue weighted by Crippen LogP contribution is -2.46. The van der Waals surface area contributed by atoms with Crippen molar-refractivity contribution in [3.63, 3.8) is 0 Å². The fourth-order valence-corrected chi connectivity index (χ4v) is 1.36. The molecular weight excluding hydrogens is 138 g/mol. The van der Waals surface area contributed by atoms with Gasteiger partial charge in [0.25, 0.3) is 0 Å². The molecule has 0 amide bonds. The van der Waals surface area contributed by atoms with E-state index in [1.807, 2.05) is 0 Å². The van der Waals surface area contributed by atoms with E-state index in [0.717, 1.165) is 13.1 Å². The maximum Gasteiger partial charge on any atom is 0.127 e. The van der Waals surface area contributed by atoms with Crippen LogP contribution in [0, 0.1) is 0 Å². The van der Waals surface area contributed by atoms with Crippen molar-refractivity contribution >= 4 is 0 Å². The molecule has 0 bridgehead atoms. The quantitative estimate of drug-likeness (QED) is 0.612. The fourth-order valence-electron chi connectivity index (χ4n) is 1.36. The Kier molecular flexibility index (Phi) is 3.83. The Morgan fingerprint density at radius 1 is 1.73 bits per heavy atom. The van der Waals surface area contributed by atoms with Gasteiger partial charge in [-0.3, -0.25) is 10.6 Å². The summed E-state index contributed by atoms with van der Waals surface area (Å²) in [5.41, 5.74) is 0. The van der Waals surface area contributed by atoms with Crippen molar-refractivity contribution < 1.29 is 0 Å². The molecule has 0 aliphatic carbocycles. The zero-order valence-electron chi connectivity index (χ0n) is 7.43. The Hall–Kier alpha value is -0.120. The molecule has 11 heavy (non-hydrogen) atoms. The lowest BCUT2D eigenvalue weighted by atomic mass is 10.2. The van der Waals surface area contributed by atoms with Crippen LogP contribution < -0.4 is 16.0 Å². The Bertz CT molecular complexity index is 99.5. The van der Waals surface area contributed by atoms with Crippen molar-refractivity contribution in [3.05, 3.63) is 0 Å². The fraction of sp³-hybridized carbons (Fsp3) is 1.00. The summed E-state index contributed by atoms with van der Waals surface area (Å²) >= 11 is 0. The zero-order valence-corrected chi connectivity index (χ0v) is 7.43. The molecule has 1 aliphatic rings. The van der Waals surface area contributed by atoms with E-state index in [-0.39, 0.29) is 6.29 Å². The summed E-state index contributed by atoms with van der Waals surface area (Å²) in [5, 5.41) is 11.0. The summed E-state index contributed by atoms with van der Waals surface area (Å²) < 4.78 is 0. The normalized spacial score (nSPS) is 22.4. The number of hydrogen-bond donors (Lipinski definition) is 2. The van der Waals surface area contributed by atoms with Gasteiger partial charge < -0.3 is 0 Å². The molecule has 65 valence electrons. The molecule has 0 aromatic carbocycles. The maximum atomic E-state index is 4.34. The van der Waals surface area contributed by atoms with Gasteiger partial charge in [-0.15, -0.1) is 0 Å². The highest BCUT2D eigenvalue weighted by atomic mass is 15.3. The second kappa shape index (κ2) is 4.70. The molecule has 2 unspecified atom stereocenters. The summed E-state index contributed by atoms with van der Waals surface area (Å²) in [6.07, 6.45) is 2.69. The minimum Gasteiger partial charge on any atom is -0.287 e. The van der Waals surface area contributed by atoms with Gasteiger partial charge in [-0.25, -0.2) is 5.32 Å². The maximum absolute atomic E-state index is 4.34. The molecule has 3 heteroatoms. The summed E-state index contributed by atoms with van der Waals surface area (Å²) in [6, 6.07) is 0.583. The van der Waals surface area contributed by atoms with Crippen molar-refractivity contribution in [2.45, 2.75) is 39.0 Å². The highest BCUT2D eigenvalue weighted by Gasteiger charge is 2.15. The molecule has 0 aromatic rings. The highest BCUT2D eigenvalue weighted by Crippen LogP contribution is 1.96. The van der Waals surface area contributed by atoms with Gasteiger partial charge in [0.2, 0.25) is 0 Å². The summed E-state index contributed by atoms with van der Waals surface area (Å²) in [6.45, 7) is 6.39. The Morgan fingerprint density at radius 3 is 3.09 bits per heavy atom. The number of hydrogen-bond acceptors (Lipinski definition) is 2. The van der Waals surface area contributed by atoms with E-state index in [1.54, 1.807) is 0 Å². The lowest BCUT2D eigenvalue weighted by molar-refractivity contribution is 0.374. The average Bonchev–Trinajstić information content (AvgIpc) is 2.40. The van der Waals surface area contributed by atoms with Gasteiger partial charge in [-0.1, -0.05) is 13.3 Å². The summed E-state index contributed by atoms with van der Waals surface area (Å²) in [7, 11) is 0. The van der Waals surface area contributed by atoms with E-state index in [2.05, 4.69) is 29.8 Å². The first-order valence-corrected chi connectivity index (χ1v) is 4.49. The smallest absolute Gasteiger partial charge is 0.127 e. The van der Waals surface area contributed by atoms with Crippen LogP contribution in [0.25, 0.3) is 0 Å². The van der Waals surface area contributed by atoms with Crippen molar-refractivity contribution in [3.8, 4) is 0 Å². The minimum absolute atomic E-state index is 0.219. The van der Waals surface area contributed by atoms with E-state index < -0.39 is 0 Å². The van der Waals surface area contributed by atoms with Crippen LogP contribution in [0.4, 0.5) is 0 Å². The third-order valence-electron chi connectivity index (χ3n) is 1.93. The zero-order chi connectivity index (χ0) is 8.10. The molecule has 1 saturated heterocycles.